The number of nitrogens with two attached hydrogens (primary N) is 1. The Morgan fingerprint density at radius 2 is 2.11 bits per heavy atom. The van der Waals surface area contributed by atoms with Gasteiger partial charge in [0.15, 0.2) is 0 Å². The Labute approximate surface area is 122 Å². The summed E-state index contributed by atoms with van der Waals surface area (Å²) in [5.41, 5.74) is 6.60. The number of likely N-dealkylation sites (N-methyl/N-ethyl adjacent to an activating group) is 1. The lowest BCUT2D eigenvalue weighted by atomic mass is 9.70. The standard InChI is InChI=1S/C15H30N2OS/c1-14(2)6-9-19-12-15(14,11-16)17(3)7-8-18-10-13-4-5-13/h13H,4-12,16H2,1-3H3. The molecule has 0 aromatic heterocycles. The summed E-state index contributed by atoms with van der Waals surface area (Å²) in [7, 11) is 2.22. The summed E-state index contributed by atoms with van der Waals surface area (Å²) in [6, 6.07) is 0. The number of ether oxygens (including phenoxy) is 1. The highest BCUT2D eigenvalue weighted by Crippen LogP contribution is 2.44. The Hall–Kier alpha value is 0.230. The predicted molar refractivity (Wildman–Crippen MR) is 83.7 cm³/mol. The SMILES string of the molecule is CN(CCOCC1CC1)C1(CN)CSCCC1(C)C. The lowest BCUT2D eigenvalue weighted by Crippen LogP contribution is -2.65. The van der Waals surface area contributed by atoms with Gasteiger partial charge < -0.3 is 10.5 Å². The molecule has 1 heterocycles. The van der Waals surface area contributed by atoms with E-state index in [1.807, 2.05) is 11.8 Å². The molecule has 1 unspecified atom stereocenters. The largest absolute Gasteiger partial charge is 0.380 e. The first-order chi connectivity index (χ1) is 9.02. The minimum atomic E-state index is 0.124. The zero-order valence-corrected chi connectivity index (χ0v) is 13.6. The van der Waals surface area contributed by atoms with Crippen molar-refractivity contribution >= 4 is 11.8 Å². The van der Waals surface area contributed by atoms with Crippen molar-refractivity contribution in [2.45, 2.75) is 38.6 Å². The fraction of sp³-hybridized carbons (Fsp3) is 1.00. The first-order valence-corrected chi connectivity index (χ1v) is 8.74. The number of rotatable bonds is 7. The summed E-state index contributed by atoms with van der Waals surface area (Å²) < 4.78 is 5.79. The van der Waals surface area contributed by atoms with Gasteiger partial charge in [-0.15, -0.1) is 0 Å². The topological polar surface area (TPSA) is 38.5 Å². The van der Waals surface area contributed by atoms with Crippen LogP contribution in [0.3, 0.4) is 0 Å². The van der Waals surface area contributed by atoms with Gasteiger partial charge in [0.1, 0.15) is 0 Å². The van der Waals surface area contributed by atoms with Gasteiger partial charge in [-0.2, -0.15) is 11.8 Å². The highest BCUT2D eigenvalue weighted by molar-refractivity contribution is 7.99. The molecule has 1 saturated heterocycles. The second kappa shape index (κ2) is 6.33. The van der Waals surface area contributed by atoms with Crippen LogP contribution in [0.5, 0.6) is 0 Å². The van der Waals surface area contributed by atoms with Crippen molar-refractivity contribution in [3.63, 3.8) is 0 Å². The normalized spacial score (nSPS) is 30.8. The predicted octanol–water partition coefficient (Wildman–Crippen LogP) is 2.21. The third kappa shape index (κ3) is 3.46. The molecule has 112 valence electrons. The third-order valence-electron chi connectivity index (χ3n) is 5.16. The molecule has 2 fully saturated rings. The van der Waals surface area contributed by atoms with E-state index in [4.69, 9.17) is 10.5 Å². The lowest BCUT2D eigenvalue weighted by Gasteiger charge is -2.54. The van der Waals surface area contributed by atoms with Crippen molar-refractivity contribution < 1.29 is 4.74 Å². The molecule has 1 aliphatic heterocycles. The summed E-state index contributed by atoms with van der Waals surface area (Å²) in [6.45, 7) is 8.29. The van der Waals surface area contributed by atoms with Crippen molar-refractivity contribution in [1.29, 1.82) is 0 Å². The van der Waals surface area contributed by atoms with Gasteiger partial charge in [-0.05, 0) is 43.4 Å². The third-order valence-corrected chi connectivity index (χ3v) is 6.34. The maximum absolute atomic E-state index is 6.18. The van der Waals surface area contributed by atoms with Gasteiger partial charge in [0.05, 0.1) is 6.61 Å². The van der Waals surface area contributed by atoms with Gasteiger partial charge in [-0.3, -0.25) is 4.90 Å². The van der Waals surface area contributed by atoms with E-state index < -0.39 is 0 Å². The fourth-order valence-corrected chi connectivity index (χ4v) is 4.93. The molecule has 2 N–H and O–H groups in total. The van der Waals surface area contributed by atoms with Crippen LogP contribution in [-0.2, 0) is 4.74 Å². The van der Waals surface area contributed by atoms with Crippen molar-refractivity contribution in [3.05, 3.63) is 0 Å². The van der Waals surface area contributed by atoms with E-state index in [-0.39, 0.29) is 11.0 Å². The van der Waals surface area contributed by atoms with E-state index in [1.54, 1.807) is 0 Å². The molecule has 1 saturated carbocycles. The number of hydrogen-bond acceptors (Lipinski definition) is 4. The molecule has 0 aromatic carbocycles. The molecular weight excluding hydrogens is 256 g/mol. The van der Waals surface area contributed by atoms with Crippen LogP contribution < -0.4 is 5.73 Å². The number of thioether (sulfide) groups is 1. The van der Waals surface area contributed by atoms with Crippen LogP contribution in [0.4, 0.5) is 0 Å². The van der Waals surface area contributed by atoms with E-state index in [2.05, 4.69) is 25.8 Å². The summed E-state index contributed by atoms with van der Waals surface area (Å²) in [5.74, 6) is 3.27. The summed E-state index contributed by atoms with van der Waals surface area (Å²) in [6.07, 6.45) is 3.99. The molecule has 0 radical (unpaired) electrons. The van der Waals surface area contributed by atoms with Crippen LogP contribution in [0, 0.1) is 11.3 Å². The maximum atomic E-state index is 6.18. The molecule has 4 heteroatoms. The molecule has 0 spiro atoms. The summed E-state index contributed by atoms with van der Waals surface area (Å²) >= 11 is 2.05. The van der Waals surface area contributed by atoms with Crippen LogP contribution in [0.25, 0.3) is 0 Å². The Kier molecular flexibility index (Phi) is 5.21. The zero-order chi connectivity index (χ0) is 13.9. The van der Waals surface area contributed by atoms with Gasteiger partial charge in [0, 0.05) is 31.0 Å². The highest BCUT2D eigenvalue weighted by atomic mass is 32.2. The van der Waals surface area contributed by atoms with Crippen LogP contribution in [-0.4, -0.2) is 55.3 Å². The second-order valence-electron chi connectivity index (χ2n) is 6.86. The van der Waals surface area contributed by atoms with Crippen molar-refractivity contribution in [1.82, 2.24) is 4.90 Å². The minimum Gasteiger partial charge on any atom is -0.380 e. The zero-order valence-electron chi connectivity index (χ0n) is 12.8. The molecule has 0 amide bonds. The minimum absolute atomic E-state index is 0.124. The Morgan fingerprint density at radius 1 is 1.37 bits per heavy atom. The van der Waals surface area contributed by atoms with Crippen molar-refractivity contribution in [2.75, 3.05) is 44.9 Å². The number of nitrogens with zero attached hydrogens (tertiary/aromatic N) is 1. The van der Waals surface area contributed by atoms with E-state index in [1.165, 1.54) is 25.0 Å². The fourth-order valence-electron chi connectivity index (χ4n) is 3.06. The first kappa shape index (κ1) is 15.6. The second-order valence-corrected chi connectivity index (χ2v) is 7.97. The molecule has 2 rings (SSSR count). The van der Waals surface area contributed by atoms with Crippen molar-refractivity contribution in [3.8, 4) is 0 Å². The van der Waals surface area contributed by atoms with Crippen LogP contribution >= 0.6 is 11.8 Å². The molecule has 3 nitrogen and oxygen atoms in total. The first-order valence-electron chi connectivity index (χ1n) is 7.59. The highest BCUT2D eigenvalue weighted by Gasteiger charge is 2.48. The van der Waals surface area contributed by atoms with E-state index in [9.17, 15) is 0 Å². The summed E-state index contributed by atoms with van der Waals surface area (Å²) in [5, 5.41) is 0. The average Bonchev–Trinajstić information content (AvgIpc) is 3.18. The van der Waals surface area contributed by atoms with E-state index >= 15 is 0 Å². The Morgan fingerprint density at radius 3 is 2.68 bits per heavy atom. The van der Waals surface area contributed by atoms with Gasteiger partial charge in [-0.1, -0.05) is 13.8 Å². The molecule has 0 aromatic rings. The van der Waals surface area contributed by atoms with Gasteiger partial charge in [0.25, 0.3) is 0 Å². The van der Waals surface area contributed by atoms with Crippen molar-refractivity contribution in [2.24, 2.45) is 17.1 Å². The molecule has 2 aliphatic rings. The quantitative estimate of drug-likeness (QED) is 0.728. The molecular formula is C15H30N2OS. The molecule has 1 aliphatic carbocycles. The van der Waals surface area contributed by atoms with Crippen LogP contribution in [0.15, 0.2) is 0 Å². The average molecular weight is 286 g/mol. The lowest BCUT2D eigenvalue weighted by molar-refractivity contribution is -0.00124. The van der Waals surface area contributed by atoms with Gasteiger partial charge in [-0.25, -0.2) is 0 Å². The summed E-state index contributed by atoms with van der Waals surface area (Å²) in [4.78, 5) is 2.46. The molecule has 0 bridgehead atoms. The van der Waals surface area contributed by atoms with E-state index in [0.717, 1.165) is 38.0 Å². The van der Waals surface area contributed by atoms with E-state index in [0.29, 0.717) is 0 Å². The van der Waals surface area contributed by atoms with Gasteiger partial charge in [0.2, 0.25) is 0 Å². The van der Waals surface area contributed by atoms with Gasteiger partial charge >= 0.3 is 0 Å². The Balaban J connectivity index is 1.86. The maximum Gasteiger partial charge on any atom is 0.0593 e. The van der Waals surface area contributed by atoms with Crippen LogP contribution in [0.1, 0.15) is 33.1 Å². The smallest absolute Gasteiger partial charge is 0.0593 e. The number of hydrogen-bond donors (Lipinski definition) is 1. The monoisotopic (exact) mass is 286 g/mol. The molecule has 1 atom stereocenters. The Bertz CT molecular complexity index is 294. The van der Waals surface area contributed by atoms with Crippen LogP contribution in [0.2, 0.25) is 0 Å². The molecule has 19 heavy (non-hydrogen) atoms.